The molecule has 0 aliphatic heterocycles. The summed E-state index contributed by atoms with van der Waals surface area (Å²) in [6, 6.07) is 10.1. The Balaban J connectivity index is 1.78. The first-order valence-corrected chi connectivity index (χ1v) is 7.63. The van der Waals surface area contributed by atoms with Crippen molar-refractivity contribution >= 4 is 17.7 Å². The molecule has 2 aromatic rings. The van der Waals surface area contributed by atoms with Gasteiger partial charge in [0, 0.05) is 5.56 Å². The number of ether oxygens (including phenoxy) is 2. The average Bonchev–Trinajstić information content (AvgIpc) is 2.64. The number of benzene rings is 2. The number of halogens is 3. The van der Waals surface area contributed by atoms with E-state index in [9.17, 15) is 27.6 Å². The van der Waals surface area contributed by atoms with E-state index in [1.54, 1.807) is 0 Å². The lowest BCUT2D eigenvalue weighted by atomic mass is 10.1. The monoisotopic (exact) mass is 381 g/mol. The van der Waals surface area contributed by atoms with Gasteiger partial charge in [0.05, 0.1) is 5.56 Å². The number of alkyl halides is 2. The molecular weight excluding hydrogens is 367 g/mol. The molecule has 0 fully saturated rings. The minimum absolute atomic E-state index is 0.116. The van der Waals surface area contributed by atoms with Crippen molar-refractivity contribution in [3.05, 3.63) is 65.5 Å². The minimum atomic E-state index is -2.98. The normalized spacial score (nSPS) is 10.4. The van der Waals surface area contributed by atoms with Gasteiger partial charge in [-0.15, -0.1) is 0 Å². The Bertz CT molecular complexity index is 824. The molecule has 142 valence electrons. The Morgan fingerprint density at radius 1 is 1.00 bits per heavy atom. The van der Waals surface area contributed by atoms with Crippen molar-refractivity contribution in [3.8, 4) is 5.75 Å². The van der Waals surface area contributed by atoms with E-state index in [0.29, 0.717) is 0 Å². The van der Waals surface area contributed by atoms with Crippen LogP contribution < -0.4 is 10.1 Å². The Morgan fingerprint density at radius 2 is 1.67 bits per heavy atom. The number of ketones is 1. The molecule has 0 saturated heterocycles. The molecule has 1 N–H and O–H groups in total. The van der Waals surface area contributed by atoms with E-state index in [2.05, 4.69) is 10.1 Å². The molecule has 0 spiro atoms. The highest BCUT2D eigenvalue weighted by Gasteiger charge is 2.14. The smallest absolute Gasteiger partial charge is 0.387 e. The molecule has 0 bridgehead atoms. The molecule has 2 aromatic carbocycles. The van der Waals surface area contributed by atoms with Crippen molar-refractivity contribution in [2.75, 3.05) is 13.2 Å². The standard InChI is InChI=1S/C18H14F3NO5/c19-14-4-2-1-3-13(14)17(25)22-9-16(24)26-10-15(23)11-5-7-12(8-6-11)27-18(20)21/h1-8,18H,9-10H2,(H,22,25). The second-order valence-electron chi connectivity index (χ2n) is 5.15. The summed E-state index contributed by atoms with van der Waals surface area (Å²) in [5.41, 5.74) is -0.104. The summed E-state index contributed by atoms with van der Waals surface area (Å²) in [7, 11) is 0. The van der Waals surface area contributed by atoms with Gasteiger partial charge < -0.3 is 14.8 Å². The highest BCUT2D eigenvalue weighted by Crippen LogP contribution is 2.15. The van der Waals surface area contributed by atoms with E-state index < -0.39 is 43.2 Å². The molecule has 0 aromatic heterocycles. The van der Waals surface area contributed by atoms with E-state index >= 15 is 0 Å². The Kier molecular flexibility index (Phi) is 6.93. The van der Waals surface area contributed by atoms with Gasteiger partial charge in [-0.05, 0) is 36.4 Å². The van der Waals surface area contributed by atoms with Crippen molar-refractivity contribution in [1.82, 2.24) is 5.32 Å². The number of amides is 1. The molecule has 2 rings (SSSR count). The first kappa shape index (κ1) is 20.0. The molecule has 0 heterocycles. The van der Waals surface area contributed by atoms with Crippen LogP contribution in [0.15, 0.2) is 48.5 Å². The number of hydrogen-bond donors (Lipinski definition) is 1. The lowest BCUT2D eigenvalue weighted by Crippen LogP contribution is -2.32. The number of hydrogen-bond acceptors (Lipinski definition) is 5. The van der Waals surface area contributed by atoms with Gasteiger partial charge in [-0.3, -0.25) is 14.4 Å². The zero-order valence-electron chi connectivity index (χ0n) is 13.8. The Morgan fingerprint density at radius 3 is 2.30 bits per heavy atom. The highest BCUT2D eigenvalue weighted by atomic mass is 19.3. The topological polar surface area (TPSA) is 81.7 Å². The van der Waals surface area contributed by atoms with Gasteiger partial charge in [-0.25, -0.2) is 4.39 Å². The lowest BCUT2D eigenvalue weighted by molar-refractivity contribution is -0.141. The van der Waals surface area contributed by atoms with Crippen molar-refractivity contribution in [2.45, 2.75) is 6.61 Å². The zero-order valence-corrected chi connectivity index (χ0v) is 13.8. The second-order valence-corrected chi connectivity index (χ2v) is 5.15. The van der Waals surface area contributed by atoms with Gasteiger partial charge in [-0.2, -0.15) is 8.78 Å². The fraction of sp³-hybridized carbons (Fsp3) is 0.167. The lowest BCUT2D eigenvalue weighted by Gasteiger charge is -2.07. The van der Waals surface area contributed by atoms with E-state index in [-0.39, 0.29) is 16.9 Å². The molecule has 9 heteroatoms. The van der Waals surface area contributed by atoms with Crippen LogP contribution in [0.25, 0.3) is 0 Å². The van der Waals surface area contributed by atoms with Gasteiger partial charge in [0.25, 0.3) is 5.91 Å². The third-order valence-corrected chi connectivity index (χ3v) is 3.28. The summed E-state index contributed by atoms with van der Waals surface area (Å²) in [6.07, 6.45) is 0. The van der Waals surface area contributed by atoms with Crippen LogP contribution in [0.4, 0.5) is 13.2 Å². The van der Waals surface area contributed by atoms with Crippen LogP contribution in [0.3, 0.4) is 0 Å². The number of carbonyl (C=O) groups excluding carboxylic acids is 3. The minimum Gasteiger partial charge on any atom is -0.456 e. The van der Waals surface area contributed by atoms with Crippen molar-refractivity contribution in [1.29, 1.82) is 0 Å². The van der Waals surface area contributed by atoms with E-state index in [4.69, 9.17) is 4.74 Å². The van der Waals surface area contributed by atoms with Gasteiger partial charge in [0.1, 0.15) is 18.1 Å². The van der Waals surface area contributed by atoms with Crippen LogP contribution in [0.5, 0.6) is 5.75 Å². The zero-order chi connectivity index (χ0) is 19.8. The van der Waals surface area contributed by atoms with Crippen LogP contribution in [-0.2, 0) is 9.53 Å². The maximum atomic E-state index is 13.4. The van der Waals surface area contributed by atoms with Gasteiger partial charge in [-0.1, -0.05) is 12.1 Å². The van der Waals surface area contributed by atoms with E-state index in [1.165, 1.54) is 42.5 Å². The SMILES string of the molecule is O=C(CNC(=O)c1ccccc1F)OCC(=O)c1ccc(OC(F)F)cc1. The summed E-state index contributed by atoms with van der Waals surface area (Å²) in [5.74, 6) is -3.13. The van der Waals surface area contributed by atoms with Gasteiger partial charge in [0.2, 0.25) is 0 Å². The van der Waals surface area contributed by atoms with Crippen LogP contribution in [-0.4, -0.2) is 37.4 Å². The maximum Gasteiger partial charge on any atom is 0.387 e. The predicted octanol–water partition coefficient (Wildman–Crippen LogP) is 2.58. The molecular formula is C18H14F3NO5. The number of rotatable bonds is 8. The van der Waals surface area contributed by atoms with Crippen molar-refractivity contribution in [3.63, 3.8) is 0 Å². The largest absolute Gasteiger partial charge is 0.456 e. The number of carbonyl (C=O) groups is 3. The summed E-state index contributed by atoms with van der Waals surface area (Å²) in [4.78, 5) is 35.2. The molecule has 6 nitrogen and oxygen atoms in total. The molecule has 0 unspecified atom stereocenters. The van der Waals surface area contributed by atoms with Crippen LogP contribution in [0, 0.1) is 5.82 Å². The van der Waals surface area contributed by atoms with Crippen LogP contribution in [0.2, 0.25) is 0 Å². The van der Waals surface area contributed by atoms with Gasteiger partial charge >= 0.3 is 12.6 Å². The highest BCUT2D eigenvalue weighted by molar-refractivity contribution is 5.99. The summed E-state index contributed by atoms with van der Waals surface area (Å²) < 4.78 is 46.4. The third-order valence-electron chi connectivity index (χ3n) is 3.28. The molecule has 1 amide bonds. The van der Waals surface area contributed by atoms with Crippen molar-refractivity contribution in [2.24, 2.45) is 0 Å². The maximum absolute atomic E-state index is 13.4. The number of Topliss-reactive ketones (excluding diaryl/α,β-unsaturated/α-hetero) is 1. The Hall–Kier alpha value is -3.36. The molecule has 27 heavy (non-hydrogen) atoms. The Labute approximate surface area is 151 Å². The van der Waals surface area contributed by atoms with Crippen LogP contribution >= 0.6 is 0 Å². The summed E-state index contributed by atoms with van der Waals surface area (Å²) >= 11 is 0. The van der Waals surface area contributed by atoms with E-state index in [0.717, 1.165) is 6.07 Å². The van der Waals surface area contributed by atoms with Crippen LogP contribution in [0.1, 0.15) is 20.7 Å². The summed E-state index contributed by atoms with van der Waals surface area (Å²) in [5, 5.41) is 2.18. The fourth-order valence-electron chi connectivity index (χ4n) is 2.00. The van der Waals surface area contributed by atoms with E-state index in [1.807, 2.05) is 0 Å². The second kappa shape index (κ2) is 9.37. The average molecular weight is 381 g/mol. The first-order chi connectivity index (χ1) is 12.9. The molecule has 0 aliphatic rings. The third kappa shape index (κ3) is 6.14. The summed E-state index contributed by atoms with van der Waals surface area (Å²) in [6.45, 7) is -4.14. The molecule has 0 aliphatic carbocycles. The first-order valence-electron chi connectivity index (χ1n) is 7.63. The molecule has 0 radical (unpaired) electrons. The number of nitrogens with one attached hydrogen (secondary N) is 1. The fourth-order valence-corrected chi connectivity index (χ4v) is 2.00. The molecule has 0 atom stereocenters. The van der Waals surface area contributed by atoms with Crippen molar-refractivity contribution < 1.29 is 37.0 Å². The quantitative estimate of drug-likeness (QED) is 0.562. The molecule has 0 saturated carbocycles. The number of esters is 1. The van der Waals surface area contributed by atoms with Gasteiger partial charge in [0.15, 0.2) is 12.4 Å². The predicted molar refractivity (Wildman–Crippen MR) is 87.1 cm³/mol.